The fourth-order valence-corrected chi connectivity index (χ4v) is 4.47. The largest absolute Gasteiger partial charge is 0.333 e. The SMILES string of the molecule is O=C(Nc1ccc2c(c1)CN(C(=O)c1cccs1)CC2)c1cc(Cl)cc(Cl)c1. The first-order chi connectivity index (χ1) is 13.5. The van der Waals surface area contributed by atoms with Gasteiger partial charge in [0.05, 0.1) is 4.88 Å². The minimum absolute atomic E-state index is 0.0451. The zero-order valence-corrected chi connectivity index (χ0v) is 17.1. The van der Waals surface area contributed by atoms with Crippen LogP contribution in [-0.2, 0) is 13.0 Å². The summed E-state index contributed by atoms with van der Waals surface area (Å²) < 4.78 is 0. The Hall–Kier alpha value is -2.34. The van der Waals surface area contributed by atoms with Crippen molar-refractivity contribution in [2.75, 3.05) is 11.9 Å². The summed E-state index contributed by atoms with van der Waals surface area (Å²) in [6.07, 6.45) is 0.796. The number of hydrogen-bond donors (Lipinski definition) is 1. The molecule has 7 heteroatoms. The van der Waals surface area contributed by atoms with Gasteiger partial charge >= 0.3 is 0 Å². The maximum atomic E-state index is 12.6. The third kappa shape index (κ3) is 4.07. The molecule has 2 amide bonds. The average Bonchev–Trinajstić information content (AvgIpc) is 3.21. The van der Waals surface area contributed by atoms with Crippen LogP contribution in [0.4, 0.5) is 5.69 Å². The molecule has 0 spiro atoms. The smallest absolute Gasteiger partial charge is 0.264 e. The number of benzene rings is 2. The summed E-state index contributed by atoms with van der Waals surface area (Å²) >= 11 is 13.4. The van der Waals surface area contributed by atoms with Crippen LogP contribution in [0.5, 0.6) is 0 Å². The van der Waals surface area contributed by atoms with E-state index in [1.807, 2.05) is 40.6 Å². The first-order valence-corrected chi connectivity index (χ1v) is 10.4. The average molecular weight is 431 g/mol. The van der Waals surface area contributed by atoms with Crippen LogP contribution in [0.15, 0.2) is 53.9 Å². The van der Waals surface area contributed by atoms with Crippen molar-refractivity contribution in [3.8, 4) is 0 Å². The Bertz CT molecular complexity index is 1030. The van der Waals surface area contributed by atoms with Crippen molar-refractivity contribution in [2.24, 2.45) is 0 Å². The Balaban J connectivity index is 1.51. The number of anilines is 1. The summed E-state index contributed by atoms with van der Waals surface area (Å²) in [5.74, 6) is -0.240. The van der Waals surface area contributed by atoms with Crippen LogP contribution in [0.25, 0.3) is 0 Å². The Morgan fingerprint density at radius 2 is 1.79 bits per heavy atom. The van der Waals surface area contributed by atoms with E-state index in [9.17, 15) is 9.59 Å². The number of rotatable bonds is 3. The molecule has 0 unspecified atom stereocenters. The van der Waals surface area contributed by atoms with E-state index in [1.165, 1.54) is 16.9 Å². The zero-order chi connectivity index (χ0) is 19.7. The number of amides is 2. The molecular formula is C21H16Cl2N2O2S. The molecule has 4 nitrogen and oxygen atoms in total. The number of nitrogens with one attached hydrogen (secondary N) is 1. The Morgan fingerprint density at radius 1 is 1.00 bits per heavy atom. The van der Waals surface area contributed by atoms with Crippen molar-refractivity contribution in [1.29, 1.82) is 0 Å². The van der Waals surface area contributed by atoms with E-state index in [4.69, 9.17) is 23.2 Å². The van der Waals surface area contributed by atoms with Gasteiger partial charge in [-0.25, -0.2) is 0 Å². The second kappa shape index (κ2) is 7.95. The number of carbonyl (C=O) groups is 2. The number of carbonyl (C=O) groups excluding carboxylic acids is 2. The molecule has 2 aromatic carbocycles. The number of nitrogens with zero attached hydrogens (tertiary/aromatic N) is 1. The number of hydrogen-bond acceptors (Lipinski definition) is 3. The topological polar surface area (TPSA) is 49.4 Å². The van der Waals surface area contributed by atoms with Gasteiger partial charge in [0, 0.05) is 34.4 Å². The van der Waals surface area contributed by atoms with Gasteiger partial charge < -0.3 is 10.2 Å². The van der Waals surface area contributed by atoms with Gasteiger partial charge in [-0.1, -0.05) is 35.3 Å². The molecule has 1 N–H and O–H groups in total. The molecule has 2 heterocycles. The van der Waals surface area contributed by atoms with Gasteiger partial charge in [-0.15, -0.1) is 11.3 Å². The standard InChI is InChI=1S/C21H16Cl2N2O2S/c22-16-8-14(9-17(23)11-16)20(26)24-18-4-3-13-5-6-25(12-15(13)10-18)21(27)19-2-1-7-28-19/h1-4,7-11H,5-6,12H2,(H,24,26). The lowest BCUT2D eigenvalue weighted by molar-refractivity contribution is 0.0739. The molecule has 28 heavy (non-hydrogen) atoms. The van der Waals surface area contributed by atoms with Crippen LogP contribution >= 0.6 is 34.5 Å². The lowest BCUT2D eigenvalue weighted by Crippen LogP contribution is -2.35. The summed E-state index contributed by atoms with van der Waals surface area (Å²) in [6.45, 7) is 1.22. The third-order valence-electron chi connectivity index (χ3n) is 4.62. The van der Waals surface area contributed by atoms with Gasteiger partial charge in [0.25, 0.3) is 11.8 Å². The molecule has 4 rings (SSSR count). The van der Waals surface area contributed by atoms with E-state index in [0.29, 0.717) is 34.4 Å². The van der Waals surface area contributed by atoms with Crippen LogP contribution in [0.1, 0.15) is 31.2 Å². The fraction of sp³-hybridized carbons (Fsp3) is 0.143. The molecule has 3 aromatic rings. The van der Waals surface area contributed by atoms with E-state index in [-0.39, 0.29) is 11.8 Å². The highest BCUT2D eigenvalue weighted by molar-refractivity contribution is 7.12. The minimum Gasteiger partial charge on any atom is -0.333 e. The number of halogens is 2. The van der Waals surface area contributed by atoms with Gasteiger partial charge in [0.2, 0.25) is 0 Å². The first kappa shape index (κ1) is 19.0. The quantitative estimate of drug-likeness (QED) is 0.595. The summed E-state index contributed by atoms with van der Waals surface area (Å²) in [6, 6.07) is 14.2. The highest BCUT2D eigenvalue weighted by Gasteiger charge is 2.22. The summed E-state index contributed by atoms with van der Waals surface area (Å²) in [7, 11) is 0. The minimum atomic E-state index is -0.285. The summed E-state index contributed by atoms with van der Waals surface area (Å²) in [4.78, 5) is 27.7. The second-order valence-electron chi connectivity index (χ2n) is 6.55. The molecule has 0 fully saturated rings. The molecule has 142 valence electrons. The Morgan fingerprint density at radius 3 is 2.50 bits per heavy atom. The summed E-state index contributed by atoms with van der Waals surface area (Å²) in [5, 5.41) is 5.60. The molecule has 1 aliphatic heterocycles. The van der Waals surface area contributed by atoms with Gasteiger partial charge in [-0.05, 0) is 59.3 Å². The molecule has 0 radical (unpaired) electrons. The maximum Gasteiger partial charge on any atom is 0.264 e. The monoisotopic (exact) mass is 430 g/mol. The van der Waals surface area contributed by atoms with E-state index in [2.05, 4.69) is 5.32 Å². The first-order valence-electron chi connectivity index (χ1n) is 8.71. The predicted octanol–water partition coefficient (Wildman–Crippen LogP) is 5.51. The van der Waals surface area contributed by atoms with Crippen LogP contribution in [-0.4, -0.2) is 23.3 Å². The molecule has 1 aliphatic rings. The van der Waals surface area contributed by atoms with Crippen molar-refractivity contribution in [3.63, 3.8) is 0 Å². The van der Waals surface area contributed by atoms with Crippen molar-refractivity contribution in [3.05, 3.63) is 85.5 Å². The molecule has 0 saturated heterocycles. The van der Waals surface area contributed by atoms with Gasteiger partial charge in [0.15, 0.2) is 0 Å². The highest BCUT2D eigenvalue weighted by Crippen LogP contribution is 2.26. The van der Waals surface area contributed by atoms with Gasteiger partial charge in [-0.3, -0.25) is 9.59 Å². The third-order valence-corrected chi connectivity index (χ3v) is 5.91. The summed E-state index contributed by atoms with van der Waals surface area (Å²) in [5.41, 5.74) is 3.30. The zero-order valence-electron chi connectivity index (χ0n) is 14.7. The Kier molecular flexibility index (Phi) is 5.40. The van der Waals surface area contributed by atoms with E-state index in [0.717, 1.165) is 16.9 Å². The molecule has 0 aliphatic carbocycles. The van der Waals surface area contributed by atoms with E-state index < -0.39 is 0 Å². The van der Waals surface area contributed by atoms with Crippen molar-refractivity contribution < 1.29 is 9.59 Å². The van der Waals surface area contributed by atoms with Gasteiger partial charge in [-0.2, -0.15) is 0 Å². The van der Waals surface area contributed by atoms with Crippen molar-refractivity contribution >= 4 is 52.0 Å². The maximum absolute atomic E-state index is 12.6. The van der Waals surface area contributed by atoms with Crippen molar-refractivity contribution in [2.45, 2.75) is 13.0 Å². The van der Waals surface area contributed by atoms with Crippen LogP contribution in [0.2, 0.25) is 10.0 Å². The predicted molar refractivity (Wildman–Crippen MR) is 114 cm³/mol. The molecule has 0 saturated carbocycles. The molecule has 0 atom stereocenters. The van der Waals surface area contributed by atoms with Crippen molar-refractivity contribution in [1.82, 2.24) is 4.90 Å². The van der Waals surface area contributed by atoms with Crippen LogP contribution in [0, 0.1) is 0 Å². The lowest BCUT2D eigenvalue weighted by Gasteiger charge is -2.29. The van der Waals surface area contributed by atoms with Gasteiger partial charge in [0.1, 0.15) is 0 Å². The van der Waals surface area contributed by atoms with Crippen LogP contribution in [0.3, 0.4) is 0 Å². The number of fused-ring (bicyclic) bond motifs is 1. The normalized spacial score (nSPS) is 13.1. The molecule has 1 aromatic heterocycles. The second-order valence-corrected chi connectivity index (χ2v) is 8.37. The van der Waals surface area contributed by atoms with E-state index in [1.54, 1.807) is 18.2 Å². The van der Waals surface area contributed by atoms with E-state index >= 15 is 0 Å². The van der Waals surface area contributed by atoms with Crippen LogP contribution < -0.4 is 5.32 Å². The molecular weight excluding hydrogens is 415 g/mol. The highest BCUT2D eigenvalue weighted by atomic mass is 35.5. The number of thiophene rings is 1. The lowest BCUT2D eigenvalue weighted by atomic mass is 9.98. The fourth-order valence-electron chi connectivity index (χ4n) is 3.25. The Labute approximate surface area is 176 Å². The molecule has 0 bridgehead atoms.